The molecule has 7 nitrogen and oxygen atoms in total. The number of anilines is 1. The second-order valence-corrected chi connectivity index (χ2v) is 5.31. The van der Waals surface area contributed by atoms with Crippen molar-refractivity contribution in [2.24, 2.45) is 0 Å². The lowest BCUT2D eigenvalue weighted by Crippen LogP contribution is -2.27. The fraction of sp³-hybridized carbons (Fsp3) is 0.211. The summed E-state index contributed by atoms with van der Waals surface area (Å²) in [5, 5.41) is 0. The quantitative estimate of drug-likeness (QED) is 0.604. The van der Waals surface area contributed by atoms with Gasteiger partial charge in [0.15, 0.2) is 0 Å². The standard InChI is InChI=1S/C19H19NO6/c1-12-8-9-13(11-15(12)18(22)25-3)20-10-6-5-7-14(17(21)24-2)16(20)19(23)26-4/h5-11H,1-4H3. The first-order chi connectivity index (χ1) is 12.4. The first-order valence-electron chi connectivity index (χ1n) is 7.68. The molecule has 26 heavy (non-hydrogen) atoms. The molecule has 0 radical (unpaired) electrons. The van der Waals surface area contributed by atoms with Gasteiger partial charge in [0.2, 0.25) is 0 Å². The highest BCUT2D eigenvalue weighted by molar-refractivity contribution is 6.05. The summed E-state index contributed by atoms with van der Waals surface area (Å²) in [6, 6.07) is 5.02. The number of benzene rings is 1. The molecule has 0 aliphatic carbocycles. The van der Waals surface area contributed by atoms with Crippen LogP contribution in [0.5, 0.6) is 0 Å². The van der Waals surface area contributed by atoms with Crippen molar-refractivity contribution in [1.82, 2.24) is 0 Å². The van der Waals surface area contributed by atoms with E-state index >= 15 is 0 Å². The number of aryl methyl sites for hydroxylation is 1. The number of methoxy groups -OCH3 is 3. The molecule has 0 atom stereocenters. The Morgan fingerprint density at radius 1 is 0.885 bits per heavy atom. The number of hydrogen-bond acceptors (Lipinski definition) is 7. The zero-order chi connectivity index (χ0) is 19.3. The minimum absolute atomic E-state index is 0.0241. The highest BCUT2D eigenvalue weighted by Crippen LogP contribution is 2.28. The molecule has 0 unspecified atom stereocenters. The lowest BCUT2D eigenvalue weighted by Gasteiger charge is -2.23. The second-order valence-electron chi connectivity index (χ2n) is 5.31. The second kappa shape index (κ2) is 8.15. The molecular weight excluding hydrogens is 338 g/mol. The number of ether oxygens (including phenoxy) is 3. The van der Waals surface area contributed by atoms with Crippen LogP contribution >= 0.6 is 0 Å². The molecule has 0 N–H and O–H groups in total. The van der Waals surface area contributed by atoms with E-state index in [1.807, 2.05) is 0 Å². The van der Waals surface area contributed by atoms with Crippen LogP contribution in [0.3, 0.4) is 0 Å². The molecule has 0 saturated heterocycles. The Bertz CT molecular complexity index is 834. The zero-order valence-corrected chi connectivity index (χ0v) is 14.9. The summed E-state index contributed by atoms with van der Waals surface area (Å²) in [6.45, 7) is 1.77. The summed E-state index contributed by atoms with van der Waals surface area (Å²) in [4.78, 5) is 38.0. The average Bonchev–Trinajstić information content (AvgIpc) is 2.89. The summed E-state index contributed by atoms with van der Waals surface area (Å²) < 4.78 is 14.4. The maximum absolute atomic E-state index is 12.4. The number of esters is 3. The van der Waals surface area contributed by atoms with E-state index in [1.54, 1.807) is 43.5 Å². The van der Waals surface area contributed by atoms with Crippen molar-refractivity contribution in [2.75, 3.05) is 26.2 Å². The van der Waals surface area contributed by atoms with Crippen molar-refractivity contribution in [3.63, 3.8) is 0 Å². The number of carbonyl (C=O) groups excluding carboxylic acids is 3. The molecule has 1 heterocycles. The van der Waals surface area contributed by atoms with E-state index in [-0.39, 0.29) is 11.3 Å². The van der Waals surface area contributed by atoms with Gasteiger partial charge in [-0.25, -0.2) is 14.4 Å². The van der Waals surface area contributed by atoms with Gasteiger partial charge in [0.1, 0.15) is 5.70 Å². The molecule has 1 aliphatic heterocycles. The lowest BCUT2D eigenvalue weighted by atomic mass is 10.1. The van der Waals surface area contributed by atoms with Crippen molar-refractivity contribution in [2.45, 2.75) is 6.92 Å². The SMILES string of the molecule is COC(=O)C1=C(C(=O)OC)N(c2ccc(C)c(C(=O)OC)c2)C=CC=C1. The van der Waals surface area contributed by atoms with Gasteiger partial charge in [0, 0.05) is 11.9 Å². The van der Waals surface area contributed by atoms with Gasteiger partial charge in [-0.3, -0.25) is 0 Å². The van der Waals surface area contributed by atoms with Crippen molar-refractivity contribution in [1.29, 1.82) is 0 Å². The molecule has 0 aromatic heterocycles. The number of rotatable bonds is 4. The van der Waals surface area contributed by atoms with Gasteiger partial charge in [-0.15, -0.1) is 0 Å². The zero-order valence-electron chi connectivity index (χ0n) is 14.9. The van der Waals surface area contributed by atoms with E-state index in [4.69, 9.17) is 14.2 Å². The van der Waals surface area contributed by atoms with Crippen LogP contribution in [0.1, 0.15) is 15.9 Å². The Morgan fingerprint density at radius 2 is 1.54 bits per heavy atom. The van der Waals surface area contributed by atoms with E-state index in [2.05, 4.69) is 0 Å². The van der Waals surface area contributed by atoms with Crippen LogP contribution in [0.25, 0.3) is 0 Å². The van der Waals surface area contributed by atoms with Gasteiger partial charge in [-0.05, 0) is 36.8 Å². The van der Waals surface area contributed by atoms with Crippen LogP contribution in [0.4, 0.5) is 5.69 Å². The fourth-order valence-electron chi connectivity index (χ4n) is 2.46. The van der Waals surface area contributed by atoms with Crippen molar-refractivity contribution in [3.8, 4) is 0 Å². The maximum Gasteiger partial charge on any atom is 0.355 e. The minimum atomic E-state index is -0.721. The van der Waals surface area contributed by atoms with E-state index in [9.17, 15) is 14.4 Å². The van der Waals surface area contributed by atoms with Gasteiger partial charge in [0.05, 0.1) is 32.5 Å². The molecule has 7 heteroatoms. The predicted octanol–water partition coefficient (Wildman–Crippen LogP) is 2.27. The van der Waals surface area contributed by atoms with Crippen LogP contribution in [-0.4, -0.2) is 39.2 Å². The minimum Gasteiger partial charge on any atom is -0.465 e. The van der Waals surface area contributed by atoms with Crippen LogP contribution in [0, 0.1) is 6.92 Å². The smallest absolute Gasteiger partial charge is 0.355 e. The van der Waals surface area contributed by atoms with Crippen molar-refractivity contribution >= 4 is 23.6 Å². The largest absolute Gasteiger partial charge is 0.465 e. The molecule has 136 valence electrons. The summed E-state index contributed by atoms with van der Waals surface area (Å²) in [7, 11) is 3.73. The predicted molar refractivity (Wildman–Crippen MR) is 94.3 cm³/mol. The third-order valence-corrected chi connectivity index (χ3v) is 3.79. The number of hydrogen-bond donors (Lipinski definition) is 0. The molecule has 0 saturated carbocycles. The lowest BCUT2D eigenvalue weighted by molar-refractivity contribution is -0.139. The molecule has 0 bridgehead atoms. The highest BCUT2D eigenvalue weighted by Gasteiger charge is 2.28. The first kappa shape index (κ1) is 19.0. The van der Waals surface area contributed by atoms with Crippen LogP contribution in [0.2, 0.25) is 0 Å². The van der Waals surface area contributed by atoms with Crippen LogP contribution in [-0.2, 0) is 23.8 Å². The number of carbonyl (C=O) groups is 3. The third kappa shape index (κ3) is 3.66. The average molecular weight is 357 g/mol. The third-order valence-electron chi connectivity index (χ3n) is 3.79. The Kier molecular flexibility index (Phi) is 5.95. The summed E-state index contributed by atoms with van der Waals surface area (Å²) in [5.41, 5.74) is 1.56. The molecule has 1 aromatic rings. The van der Waals surface area contributed by atoms with E-state index in [0.29, 0.717) is 16.8 Å². The fourth-order valence-corrected chi connectivity index (χ4v) is 2.46. The Balaban J connectivity index is 2.67. The summed E-state index contributed by atoms with van der Waals surface area (Å²) in [6.07, 6.45) is 6.30. The topological polar surface area (TPSA) is 82.1 Å². The van der Waals surface area contributed by atoms with Crippen LogP contribution in [0.15, 0.2) is 53.9 Å². The molecule has 1 aliphatic rings. The van der Waals surface area contributed by atoms with E-state index < -0.39 is 17.9 Å². The molecule has 0 fully saturated rings. The molecule has 2 rings (SSSR count). The van der Waals surface area contributed by atoms with Gasteiger partial charge in [-0.1, -0.05) is 12.1 Å². The van der Waals surface area contributed by atoms with Gasteiger partial charge < -0.3 is 19.1 Å². The Morgan fingerprint density at radius 3 is 2.15 bits per heavy atom. The van der Waals surface area contributed by atoms with Crippen LogP contribution < -0.4 is 4.90 Å². The maximum atomic E-state index is 12.4. The van der Waals surface area contributed by atoms with E-state index in [0.717, 1.165) is 0 Å². The van der Waals surface area contributed by atoms with Crippen molar-refractivity contribution < 1.29 is 28.6 Å². The number of allylic oxidation sites excluding steroid dienone is 2. The molecule has 0 spiro atoms. The molecule has 0 amide bonds. The Labute approximate surface area is 151 Å². The van der Waals surface area contributed by atoms with E-state index in [1.165, 1.54) is 32.3 Å². The molecular formula is C19H19NO6. The Hall–Kier alpha value is -3.35. The monoisotopic (exact) mass is 357 g/mol. The highest BCUT2D eigenvalue weighted by atomic mass is 16.5. The number of nitrogens with zero attached hydrogens (tertiary/aromatic N) is 1. The summed E-state index contributed by atoms with van der Waals surface area (Å²) >= 11 is 0. The van der Waals surface area contributed by atoms with Crippen molar-refractivity contribution in [3.05, 3.63) is 65.0 Å². The first-order valence-corrected chi connectivity index (χ1v) is 7.68. The summed E-state index contributed by atoms with van der Waals surface area (Å²) in [5.74, 6) is -1.91. The normalized spacial score (nSPS) is 13.3. The van der Waals surface area contributed by atoms with Gasteiger partial charge >= 0.3 is 17.9 Å². The molecule has 1 aromatic carbocycles. The van der Waals surface area contributed by atoms with Gasteiger partial charge in [-0.2, -0.15) is 0 Å². The van der Waals surface area contributed by atoms with Gasteiger partial charge in [0.25, 0.3) is 0 Å².